The zero-order chi connectivity index (χ0) is 18.3. The predicted molar refractivity (Wildman–Crippen MR) is 83.7 cm³/mol. The molecule has 9 heteroatoms. The number of carboxylic acids is 2. The second-order valence-electron chi connectivity index (χ2n) is 4.34. The van der Waals surface area contributed by atoms with Crippen LogP contribution in [0.2, 0.25) is 0 Å². The molecule has 25 heavy (non-hydrogen) atoms. The van der Waals surface area contributed by atoms with Gasteiger partial charge in [-0.25, -0.2) is 0 Å². The molecule has 128 valence electrons. The number of rotatable bonds is 4. The first-order valence-electron chi connectivity index (χ1n) is 6.46. The molecule has 0 aliphatic rings. The van der Waals surface area contributed by atoms with Crippen molar-refractivity contribution in [1.82, 2.24) is 0 Å². The Balaban J connectivity index is 0.000000443. The van der Waals surface area contributed by atoms with Crippen molar-refractivity contribution in [3.63, 3.8) is 0 Å². The average molecular weight is 374 g/mol. The molecule has 0 aromatic heterocycles. The number of benzene rings is 2. The van der Waals surface area contributed by atoms with Crippen molar-refractivity contribution in [3.8, 4) is 23.0 Å². The fourth-order valence-corrected chi connectivity index (χ4v) is 1.62. The van der Waals surface area contributed by atoms with Crippen molar-refractivity contribution in [2.75, 3.05) is 14.2 Å². The molecule has 8 nitrogen and oxygen atoms in total. The van der Waals surface area contributed by atoms with Gasteiger partial charge in [0.05, 0.1) is 26.2 Å². The molecule has 0 atom stereocenters. The van der Waals surface area contributed by atoms with Gasteiger partial charge in [-0.2, -0.15) is 0 Å². The minimum absolute atomic E-state index is 0. The molecule has 0 saturated heterocycles. The maximum atomic E-state index is 10.3. The van der Waals surface area contributed by atoms with Crippen LogP contribution in [0.5, 0.6) is 23.0 Å². The maximum absolute atomic E-state index is 10.3. The predicted octanol–water partition coefficient (Wildman–Crippen LogP) is -0.852. The Morgan fingerprint density at radius 1 is 0.800 bits per heavy atom. The average Bonchev–Trinajstić information content (AvgIpc) is 2.54. The molecule has 0 fully saturated rings. The fraction of sp³-hybridized carbons (Fsp3) is 0.125. The van der Waals surface area contributed by atoms with E-state index in [1.165, 1.54) is 50.6 Å². The number of hydrogen-bond donors (Lipinski definition) is 2. The Hall–Kier alpha value is -2.16. The van der Waals surface area contributed by atoms with E-state index in [1.54, 1.807) is 0 Å². The van der Waals surface area contributed by atoms with Gasteiger partial charge in [0.2, 0.25) is 0 Å². The van der Waals surface area contributed by atoms with E-state index in [1.807, 2.05) is 0 Å². The van der Waals surface area contributed by atoms with E-state index >= 15 is 0 Å². The zero-order valence-corrected chi connectivity index (χ0v) is 15.7. The van der Waals surface area contributed by atoms with Crippen molar-refractivity contribution >= 4 is 49.7 Å². The van der Waals surface area contributed by atoms with Gasteiger partial charge >= 0.3 is 37.7 Å². The first-order chi connectivity index (χ1) is 11.3. The van der Waals surface area contributed by atoms with Crippen molar-refractivity contribution < 1.29 is 39.5 Å². The first-order valence-corrected chi connectivity index (χ1v) is 6.46. The third-order valence-electron chi connectivity index (χ3n) is 2.85. The van der Waals surface area contributed by atoms with Crippen LogP contribution in [0.1, 0.15) is 20.7 Å². The van der Waals surface area contributed by atoms with Gasteiger partial charge in [0.25, 0.3) is 0 Å². The summed E-state index contributed by atoms with van der Waals surface area (Å²) in [5.74, 6) is -2.72. The molecule has 0 spiro atoms. The summed E-state index contributed by atoms with van der Waals surface area (Å²) in [6, 6.07) is 7.75. The fourth-order valence-electron chi connectivity index (χ4n) is 1.62. The van der Waals surface area contributed by atoms with Crippen LogP contribution in [0.25, 0.3) is 0 Å². The zero-order valence-electron chi connectivity index (χ0n) is 13.5. The summed E-state index contributed by atoms with van der Waals surface area (Å²) >= 11 is 0. The number of carboxylic acid groups (broad SMARTS) is 2. The second kappa shape index (κ2) is 10.7. The summed E-state index contributed by atoms with van der Waals surface area (Å²) in [7, 11) is 2.85. The first kappa shape index (κ1) is 22.8. The summed E-state index contributed by atoms with van der Waals surface area (Å²) in [6.07, 6.45) is 0. The number of carbonyl (C=O) groups is 2. The number of methoxy groups -OCH3 is 2. The minimum Gasteiger partial charge on any atom is -0.545 e. The number of carbonyl (C=O) groups excluding carboxylic acids is 2. The van der Waals surface area contributed by atoms with Crippen LogP contribution in [-0.4, -0.2) is 74.1 Å². The van der Waals surface area contributed by atoms with Gasteiger partial charge in [0.1, 0.15) is 23.0 Å². The van der Waals surface area contributed by atoms with Gasteiger partial charge in [-0.1, -0.05) is 0 Å². The van der Waals surface area contributed by atoms with E-state index in [-0.39, 0.29) is 60.4 Å². The number of ether oxygens (including phenoxy) is 2. The van der Waals surface area contributed by atoms with E-state index in [9.17, 15) is 19.8 Å². The summed E-state index contributed by atoms with van der Waals surface area (Å²) in [4.78, 5) is 20.6. The van der Waals surface area contributed by atoms with Gasteiger partial charge in [-0.15, -0.1) is 0 Å². The van der Waals surface area contributed by atoms with E-state index in [4.69, 9.17) is 19.7 Å². The standard InChI is InChI=1S/2C8H8O4.Ca/c2*1-12-5-2-3-6(8(10)11)7(9)4-5;/h2*2-4,9H,1H3,(H,10,11);/q;;+2/p-2. The van der Waals surface area contributed by atoms with Crippen molar-refractivity contribution in [2.24, 2.45) is 0 Å². The molecule has 0 aliphatic heterocycles. The monoisotopic (exact) mass is 374 g/mol. The Morgan fingerprint density at radius 3 is 1.32 bits per heavy atom. The van der Waals surface area contributed by atoms with Gasteiger partial charge in [0, 0.05) is 23.3 Å². The number of aromatic hydroxyl groups is 2. The smallest absolute Gasteiger partial charge is 0.545 e. The summed E-state index contributed by atoms with van der Waals surface area (Å²) in [5, 5.41) is 38.8. The van der Waals surface area contributed by atoms with Crippen molar-refractivity contribution in [1.29, 1.82) is 0 Å². The van der Waals surface area contributed by atoms with E-state index in [0.717, 1.165) is 0 Å². The second-order valence-corrected chi connectivity index (χ2v) is 4.34. The molecule has 2 N–H and O–H groups in total. The third-order valence-corrected chi connectivity index (χ3v) is 2.85. The molecular weight excluding hydrogens is 360 g/mol. The SMILES string of the molecule is COc1ccc(C(=O)[O-])c(O)c1.COc1ccc(C(=O)[O-])c(O)c1.[Ca+2]. The van der Waals surface area contributed by atoms with Gasteiger partial charge in [-0.3, -0.25) is 0 Å². The third kappa shape index (κ3) is 6.69. The molecule has 0 unspecified atom stereocenters. The van der Waals surface area contributed by atoms with Crippen molar-refractivity contribution in [3.05, 3.63) is 47.5 Å². The van der Waals surface area contributed by atoms with Crippen LogP contribution in [0.4, 0.5) is 0 Å². The number of hydrogen-bond acceptors (Lipinski definition) is 8. The molecule has 0 amide bonds. The molecule has 2 aromatic carbocycles. The molecule has 0 bridgehead atoms. The van der Waals surface area contributed by atoms with E-state index in [0.29, 0.717) is 11.5 Å². The minimum atomic E-state index is -1.41. The Kier molecular flexibility index (Phi) is 9.73. The van der Waals surface area contributed by atoms with Crippen LogP contribution in [0.3, 0.4) is 0 Å². The van der Waals surface area contributed by atoms with Gasteiger partial charge < -0.3 is 39.5 Å². The van der Waals surface area contributed by atoms with Crippen LogP contribution in [0.15, 0.2) is 36.4 Å². The van der Waals surface area contributed by atoms with Gasteiger partial charge in [-0.05, 0) is 24.3 Å². The van der Waals surface area contributed by atoms with Crippen molar-refractivity contribution in [2.45, 2.75) is 0 Å². The normalized spacial score (nSPS) is 9.04. The quantitative estimate of drug-likeness (QED) is 0.660. The van der Waals surface area contributed by atoms with Gasteiger partial charge in [0.15, 0.2) is 0 Å². The Bertz CT molecular complexity index is 681. The van der Waals surface area contributed by atoms with E-state index < -0.39 is 11.9 Å². The topological polar surface area (TPSA) is 139 Å². The summed E-state index contributed by atoms with van der Waals surface area (Å²) in [5.41, 5.74) is -0.480. The van der Waals surface area contributed by atoms with Crippen LogP contribution >= 0.6 is 0 Å². The Labute approximate surface area is 173 Å². The largest absolute Gasteiger partial charge is 2.00 e. The number of aromatic carboxylic acids is 2. The molecule has 0 radical (unpaired) electrons. The van der Waals surface area contributed by atoms with E-state index in [2.05, 4.69) is 0 Å². The molecule has 0 saturated carbocycles. The number of phenols is 2. The van der Waals surface area contributed by atoms with Crippen LogP contribution in [-0.2, 0) is 0 Å². The summed E-state index contributed by atoms with van der Waals surface area (Å²) < 4.78 is 9.51. The Morgan fingerprint density at radius 2 is 1.12 bits per heavy atom. The molecular formula is C16H14CaO8. The van der Waals surface area contributed by atoms with Crippen LogP contribution < -0.4 is 19.7 Å². The van der Waals surface area contributed by atoms with Crippen LogP contribution in [0, 0.1) is 0 Å². The molecule has 2 rings (SSSR count). The molecule has 0 aliphatic carbocycles. The molecule has 0 heterocycles. The maximum Gasteiger partial charge on any atom is 2.00 e. The molecule has 2 aromatic rings. The summed E-state index contributed by atoms with van der Waals surface area (Å²) in [6.45, 7) is 0.